The first-order valence-corrected chi connectivity index (χ1v) is 9.41. The average molecular weight is 346 g/mol. The van der Waals surface area contributed by atoms with E-state index in [1.54, 1.807) is 11.9 Å². The largest absolute Gasteiger partial charge is 0.323 e. The molecule has 0 spiro atoms. The summed E-state index contributed by atoms with van der Waals surface area (Å²) in [6, 6.07) is 10.6. The van der Waals surface area contributed by atoms with E-state index >= 15 is 0 Å². The molecule has 3 rings (SSSR count). The van der Waals surface area contributed by atoms with Crippen LogP contribution in [0.15, 0.2) is 41.4 Å². The fraction of sp³-hybridized carbons (Fsp3) is 0.312. The van der Waals surface area contributed by atoms with E-state index in [-0.39, 0.29) is 22.9 Å². The second-order valence-corrected chi connectivity index (χ2v) is 7.79. The molecule has 1 unspecified atom stereocenters. The van der Waals surface area contributed by atoms with Crippen molar-refractivity contribution in [3.63, 3.8) is 0 Å². The smallest absolute Gasteiger partial charge is 0.320 e. The van der Waals surface area contributed by atoms with Crippen LogP contribution in [0.25, 0.3) is 0 Å². The van der Waals surface area contributed by atoms with Crippen molar-refractivity contribution >= 4 is 21.7 Å². The molecule has 0 saturated heterocycles. The van der Waals surface area contributed by atoms with Crippen molar-refractivity contribution in [1.29, 1.82) is 0 Å². The number of nitrogens with one attached hydrogen (secondary N) is 1. The highest BCUT2D eigenvalue weighted by Gasteiger charge is 2.28. The first kappa shape index (κ1) is 16.4. The SMILES string of the molecule is CN(C(=O)Nc1ccc(S(C)(=O)=O)nn1)C1CCc2ccccc21. The maximum Gasteiger partial charge on any atom is 0.323 e. The van der Waals surface area contributed by atoms with Gasteiger partial charge >= 0.3 is 6.03 Å². The van der Waals surface area contributed by atoms with Crippen LogP contribution in [0, 0.1) is 0 Å². The van der Waals surface area contributed by atoms with Gasteiger partial charge < -0.3 is 4.90 Å². The number of amides is 2. The van der Waals surface area contributed by atoms with Gasteiger partial charge in [0.15, 0.2) is 20.7 Å². The molecule has 1 aromatic heterocycles. The maximum atomic E-state index is 12.4. The molecular formula is C16H18N4O3S. The number of carbonyl (C=O) groups is 1. The van der Waals surface area contributed by atoms with E-state index in [0.29, 0.717) is 0 Å². The van der Waals surface area contributed by atoms with Crippen LogP contribution in [0.5, 0.6) is 0 Å². The zero-order valence-electron chi connectivity index (χ0n) is 13.4. The van der Waals surface area contributed by atoms with Gasteiger partial charge in [0.2, 0.25) is 0 Å². The van der Waals surface area contributed by atoms with Crippen molar-refractivity contribution in [3.8, 4) is 0 Å². The number of urea groups is 1. The predicted octanol–water partition coefficient (Wildman–Crippen LogP) is 2.03. The van der Waals surface area contributed by atoms with E-state index in [0.717, 1.165) is 24.7 Å². The van der Waals surface area contributed by atoms with E-state index in [9.17, 15) is 13.2 Å². The summed E-state index contributed by atoms with van der Waals surface area (Å²) in [5.41, 5.74) is 2.42. The standard InChI is InChI=1S/C16H18N4O3S/c1-20(13-8-7-11-5-3-4-6-12(11)13)16(21)17-14-9-10-15(19-18-14)24(2,22)23/h3-6,9-10,13H,7-8H2,1-2H3,(H,17,18,21). The molecule has 0 aliphatic heterocycles. The summed E-state index contributed by atoms with van der Waals surface area (Å²) in [5, 5.41) is 9.90. The first-order chi connectivity index (χ1) is 11.4. The lowest BCUT2D eigenvalue weighted by molar-refractivity contribution is 0.204. The molecular weight excluding hydrogens is 328 g/mol. The predicted molar refractivity (Wildman–Crippen MR) is 89.4 cm³/mol. The summed E-state index contributed by atoms with van der Waals surface area (Å²) in [6.07, 6.45) is 2.88. The molecule has 0 radical (unpaired) electrons. The summed E-state index contributed by atoms with van der Waals surface area (Å²) in [4.78, 5) is 14.1. The number of anilines is 1. The van der Waals surface area contributed by atoms with Crippen molar-refractivity contribution in [2.45, 2.75) is 23.9 Å². The number of fused-ring (bicyclic) bond motifs is 1. The molecule has 1 N–H and O–H groups in total. The first-order valence-electron chi connectivity index (χ1n) is 7.51. The summed E-state index contributed by atoms with van der Waals surface area (Å²) in [5.74, 6) is 0.213. The number of aryl methyl sites for hydroxylation is 1. The van der Waals surface area contributed by atoms with Gasteiger partial charge in [0.25, 0.3) is 0 Å². The van der Waals surface area contributed by atoms with Crippen LogP contribution in [0.2, 0.25) is 0 Å². The number of carbonyl (C=O) groups excluding carboxylic acids is 1. The summed E-state index contributed by atoms with van der Waals surface area (Å²) >= 11 is 0. The third-order valence-electron chi connectivity index (χ3n) is 4.14. The third kappa shape index (κ3) is 3.23. The fourth-order valence-corrected chi connectivity index (χ4v) is 3.37. The molecule has 8 heteroatoms. The minimum Gasteiger partial charge on any atom is -0.320 e. The molecule has 1 aliphatic rings. The molecule has 1 heterocycles. The van der Waals surface area contributed by atoms with Gasteiger partial charge in [0, 0.05) is 13.3 Å². The minimum absolute atomic E-state index is 0.0180. The number of hydrogen-bond acceptors (Lipinski definition) is 5. The Morgan fingerprint density at radius 3 is 2.62 bits per heavy atom. The van der Waals surface area contributed by atoms with E-state index in [2.05, 4.69) is 21.6 Å². The van der Waals surface area contributed by atoms with Gasteiger partial charge in [-0.3, -0.25) is 5.32 Å². The molecule has 24 heavy (non-hydrogen) atoms. The molecule has 2 amide bonds. The highest BCUT2D eigenvalue weighted by molar-refractivity contribution is 7.90. The van der Waals surface area contributed by atoms with Gasteiger partial charge in [-0.1, -0.05) is 24.3 Å². The van der Waals surface area contributed by atoms with Gasteiger partial charge in [-0.2, -0.15) is 0 Å². The Bertz CT molecular complexity index is 865. The Hall–Kier alpha value is -2.48. The topological polar surface area (TPSA) is 92.3 Å². The van der Waals surface area contributed by atoms with Gasteiger partial charge in [-0.25, -0.2) is 13.2 Å². The molecule has 0 saturated carbocycles. The summed E-state index contributed by atoms with van der Waals surface area (Å²) in [6.45, 7) is 0. The Labute approximate surface area is 140 Å². The molecule has 0 bridgehead atoms. The fourth-order valence-electron chi connectivity index (χ4n) is 2.86. The maximum absolute atomic E-state index is 12.4. The number of hydrogen-bond donors (Lipinski definition) is 1. The quantitative estimate of drug-likeness (QED) is 0.918. The third-order valence-corrected chi connectivity index (χ3v) is 5.12. The number of aromatic nitrogens is 2. The normalized spacial score (nSPS) is 16.5. The van der Waals surface area contributed by atoms with Crippen molar-refractivity contribution in [2.75, 3.05) is 18.6 Å². The van der Waals surface area contributed by atoms with Crippen molar-refractivity contribution in [1.82, 2.24) is 15.1 Å². The molecule has 7 nitrogen and oxygen atoms in total. The van der Waals surface area contributed by atoms with Crippen molar-refractivity contribution in [3.05, 3.63) is 47.5 Å². The van der Waals surface area contributed by atoms with Crippen molar-refractivity contribution in [2.24, 2.45) is 0 Å². The lowest BCUT2D eigenvalue weighted by Gasteiger charge is -2.25. The molecule has 0 fully saturated rings. The zero-order valence-corrected chi connectivity index (χ0v) is 14.2. The van der Waals surface area contributed by atoms with Crippen LogP contribution in [0.1, 0.15) is 23.6 Å². The van der Waals surface area contributed by atoms with E-state index in [4.69, 9.17) is 0 Å². The zero-order chi connectivity index (χ0) is 17.3. The Kier molecular flexibility index (Phi) is 4.23. The minimum atomic E-state index is -3.41. The van der Waals surface area contributed by atoms with Crippen LogP contribution in [0.3, 0.4) is 0 Å². The average Bonchev–Trinajstić information content (AvgIpc) is 2.97. The summed E-state index contributed by atoms with van der Waals surface area (Å²) < 4.78 is 22.7. The van der Waals surface area contributed by atoms with Crippen molar-refractivity contribution < 1.29 is 13.2 Å². The second kappa shape index (κ2) is 6.20. The number of benzene rings is 1. The van der Waals surface area contributed by atoms with E-state index < -0.39 is 9.84 Å². The van der Waals surface area contributed by atoms with Gasteiger partial charge in [-0.15, -0.1) is 10.2 Å². The van der Waals surface area contributed by atoms with Crippen LogP contribution in [0.4, 0.5) is 10.6 Å². The molecule has 126 valence electrons. The number of rotatable bonds is 3. The Balaban J connectivity index is 1.71. The number of nitrogens with zero attached hydrogens (tertiary/aromatic N) is 3. The van der Waals surface area contributed by atoms with Gasteiger partial charge in [0.1, 0.15) is 0 Å². The van der Waals surface area contributed by atoms with Crippen LogP contribution >= 0.6 is 0 Å². The lowest BCUT2D eigenvalue weighted by Crippen LogP contribution is -2.34. The molecule has 2 aromatic rings. The van der Waals surface area contributed by atoms with E-state index in [1.165, 1.54) is 17.7 Å². The number of sulfone groups is 1. The second-order valence-electron chi connectivity index (χ2n) is 5.82. The van der Waals surface area contributed by atoms with Crippen LogP contribution in [-0.2, 0) is 16.3 Å². The van der Waals surface area contributed by atoms with E-state index in [1.807, 2.05) is 18.2 Å². The Morgan fingerprint density at radius 2 is 1.96 bits per heavy atom. The molecule has 1 aromatic carbocycles. The van der Waals surface area contributed by atoms with Crippen LogP contribution < -0.4 is 5.32 Å². The molecule has 1 aliphatic carbocycles. The highest BCUT2D eigenvalue weighted by Crippen LogP contribution is 2.34. The van der Waals surface area contributed by atoms with Crippen LogP contribution in [-0.4, -0.2) is 42.8 Å². The van der Waals surface area contributed by atoms with Gasteiger partial charge in [-0.05, 0) is 36.1 Å². The monoisotopic (exact) mass is 346 g/mol. The summed E-state index contributed by atoms with van der Waals surface area (Å²) in [7, 11) is -1.67. The highest BCUT2D eigenvalue weighted by atomic mass is 32.2. The van der Waals surface area contributed by atoms with Gasteiger partial charge in [0.05, 0.1) is 6.04 Å². The lowest BCUT2D eigenvalue weighted by atomic mass is 10.1. The Morgan fingerprint density at radius 1 is 1.21 bits per heavy atom. The molecule has 1 atom stereocenters.